The topological polar surface area (TPSA) is 127 Å². The van der Waals surface area contributed by atoms with Crippen molar-refractivity contribution in [1.82, 2.24) is 4.90 Å². The number of halogens is 1. The number of nitro groups is 1. The van der Waals surface area contributed by atoms with Crippen molar-refractivity contribution in [3.05, 3.63) is 39.4 Å². The Balaban J connectivity index is 0.00000264. The number of carbonyl (C=O) groups excluding carboxylic acids is 1. The number of hydrogen-bond donors (Lipinski definition) is 2. The zero-order chi connectivity index (χ0) is 16.3. The minimum absolute atomic E-state index is 0. The van der Waals surface area contributed by atoms with Crippen molar-refractivity contribution < 1.29 is 19.6 Å². The van der Waals surface area contributed by atoms with Gasteiger partial charge in [-0.15, -0.1) is 12.4 Å². The SMILES string of the molecule is Cl.NC(=O)c1ccc(CN2CCCCC2C(=O)O)c([N+](=O)[O-])c1. The molecule has 126 valence electrons. The summed E-state index contributed by atoms with van der Waals surface area (Å²) in [4.78, 5) is 34.7. The molecule has 3 N–H and O–H groups in total. The van der Waals surface area contributed by atoms with Gasteiger partial charge in [0.15, 0.2) is 0 Å². The van der Waals surface area contributed by atoms with E-state index in [1.807, 2.05) is 0 Å². The molecule has 1 fully saturated rings. The fourth-order valence-corrected chi connectivity index (χ4v) is 2.70. The third kappa shape index (κ3) is 4.40. The van der Waals surface area contributed by atoms with Gasteiger partial charge in [0.05, 0.1) is 4.92 Å². The summed E-state index contributed by atoms with van der Waals surface area (Å²) in [5.41, 5.74) is 5.35. The maximum Gasteiger partial charge on any atom is 0.320 e. The van der Waals surface area contributed by atoms with Crippen LogP contribution in [0.5, 0.6) is 0 Å². The number of piperidine rings is 1. The highest BCUT2D eigenvalue weighted by Gasteiger charge is 2.30. The van der Waals surface area contributed by atoms with Gasteiger partial charge in [-0.2, -0.15) is 0 Å². The van der Waals surface area contributed by atoms with E-state index in [0.717, 1.165) is 18.9 Å². The number of carboxylic acids is 1. The van der Waals surface area contributed by atoms with Crippen LogP contribution in [0.25, 0.3) is 0 Å². The second-order valence-corrected chi connectivity index (χ2v) is 5.29. The third-order valence-electron chi connectivity index (χ3n) is 3.84. The van der Waals surface area contributed by atoms with Crippen molar-refractivity contribution in [3.63, 3.8) is 0 Å². The van der Waals surface area contributed by atoms with Gasteiger partial charge in [-0.05, 0) is 25.5 Å². The van der Waals surface area contributed by atoms with Crippen molar-refractivity contribution in [2.24, 2.45) is 5.73 Å². The monoisotopic (exact) mass is 343 g/mol. The Morgan fingerprint density at radius 2 is 2.09 bits per heavy atom. The molecule has 0 saturated carbocycles. The molecule has 2 rings (SSSR count). The van der Waals surface area contributed by atoms with E-state index in [1.165, 1.54) is 12.1 Å². The Hall–Kier alpha value is -2.19. The Labute approximate surface area is 138 Å². The van der Waals surface area contributed by atoms with Crippen LogP contribution in [0, 0.1) is 10.1 Å². The number of amides is 1. The van der Waals surface area contributed by atoms with E-state index in [-0.39, 0.29) is 30.2 Å². The maximum absolute atomic E-state index is 11.3. The average Bonchev–Trinajstić information content (AvgIpc) is 2.47. The Morgan fingerprint density at radius 1 is 1.39 bits per heavy atom. The number of carbonyl (C=O) groups is 2. The molecule has 0 aliphatic carbocycles. The molecule has 8 nitrogen and oxygen atoms in total. The maximum atomic E-state index is 11.3. The van der Waals surface area contributed by atoms with Crippen LogP contribution in [0.15, 0.2) is 18.2 Å². The van der Waals surface area contributed by atoms with E-state index in [4.69, 9.17) is 5.73 Å². The van der Waals surface area contributed by atoms with Crippen LogP contribution in [0.2, 0.25) is 0 Å². The van der Waals surface area contributed by atoms with Crippen LogP contribution in [0.1, 0.15) is 35.2 Å². The number of nitrogens with two attached hydrogens (primary N) is 1. The van der Waals surface area contributed by atoms with E-state index in [1.54, 1.807) is 4.90 Å². The summed E-state index contributed by atoms with van der Waals surface area (Å²) in [6, 6.07) is 3.39. The molecule has 1 heterocycles. The molecule has 1 aliphatic heterocycles. The van der Waals surface area contributed by atoms with Crippen molar-refractivity contribution in [1.29, 1.82) is 0 Å². The minimum atomic E-state index is -0.920. The van der Waals surface area contributed by atoms with Gasteiger partial charge in [-0.1, -0.05) is 12.5 Å². The quantitative estimate of drug-likeness (QED) is 0.617. The lowest BCUT2D eigenvalue weighted by atomic mass is 10.0. The van der Waals surface area contributed by atoms with Crippen LogP contribution in [0.4, 0.5) is 5.69 Å². The van der Waals surface area contributed by atoms with Crippen molar-refractivity contribution in [2.45, 2.75) is 31.8 Å². The largest absolute Gasteiger partial charge is 0.480 e. The summed E-state index contributed by atoms with van der Waals surface area (Å²) in [6.45, 7) is 0.734. The number of hydrogen-bond acceptors (Lipinski definition) is 5. The summed E-state index contributed by atoms with van der Waals surface area (Å²) in [5.74, 6) is -1.66. The average molecular weight is 344 g/mol. The summed E-state index contributed by atoms with van der Waals surface area (Å²) < 4.78 is 0. The molecule has 0 aromatic heterocycles. The predicted molar refractivity (Wildman–Crippen MR) is 84.5 cm³/mol. The molecule has 1 atom stereocenters. The number of nitrogens with zero attached hydrogens (tertiary/aromatic N) is 2. The highest BCUT2D eigenvalue weighted by molar-refractivity contribution is 5.93. The van der Waals surface area contributed by atoms with Crippen molar-refractivity contribution in [2.75, 3.05) is 6.54 Å². The number of primary amides is 1. The first-order chi connectivity index (χ1) is 10.4. The molecule has 0 radical (unpaired) electrons. The second-order valence-electron chi connectivity index (χ2n) is 5.29. The number of nitro benzene ring substituents is 1. The Kier molecular flexibility index (Phi) is 6.47. The van der Waals surface area contributed by atoms with Gasteiger partial charge in [0.2, 0.25) is 5.91 Å². The summed E-state index contributed by atoms with van der Waals surface area (Å²) >= 11 is 0. The molecule has 1 unspecified atom stereocenters. The number of carboxylic acid groups (broad SMARTS) is 1. The Bertz CT molecular complexity index is 622. The van der Waals surface area contributed by atoms with Gasteiger partial charge in [-0.3, -0.25) is 24.6 Å². The lowest BCUT2D eigenvalue weighted by molar-refractivity contribution is -0.385. The summed E-state index contributed by atoms with van der Waals surface area (Å²) in [6.07, 6.45) is 2.22. The van der Waals surface area contributed by atoms with Gasteiger partial charge < -0.3 is 10.8 Å². The third-order valence-corrected chi connectivity index (χ3v) is 3.84. The van der Waals surface area contributed by atoms with E-state index in [2.05, 4.69) is 0 Å². The molecule has 9 heteroatoms. The first-order valence-electron chi connectivity index (χ1n) is 6.94. The molecule has 1 aromatic rings. The predicted octanol–water partition coefficient (Wildman–Crippen LogP) is 1.55. The van der Waals surface area contributed by atoms with E-state index >= 15 is 0 Å². The first-order valence-corrected chi connectivity index (χ1v) is 6.94. The van der Waals surface area contributed by atoms with E-state index in [0.29, 0.717) is 18.5 Å². The van der Waals surface area contributed by atoms with Crippen LogP contribution in [-0.4, -0.2) is 39.4 Å². The van der Waals surface area contributed by atoms with Crippen LogP contribution in [0.3, 0.4) is 0 Å². The minimum Gasteiger partial charge on any atom is -0.480 e. The summed E-state index contributed by atoms with van der Waals surface area (Å²) in [7, 11) is 0. The normalized spacial score (nSPS) is 18.0. The number of rotatable bonds is 5. The highest BCUT2D eigenvalue weighted by Crippen LogP contribution is 2.25. The van der Waals surface area contributed by atoms with Crippen molar-refractivity contribution in [3.8, 4) is 0 Å². The lowest BCUT2D eigenvalue weighted by Crippen LogP contribution is -2.44. The molecule has 23 heavy (non-hydrogen) atoms. The summed E-state index contributed by atoms with van der Waals surface area (Å²) in [5, 5.41) is 20.4. The van der Waals surface area contributed by atoms with Crippen LogP contribution < -0.4 is 5.73 Å². The van der Waals surface area contributed by atoms with Crippen molar-refractivity contribution >= 4 is 30.0 Å². The number of aliphatic carboxylic acids is 1. The molecule has 1 aromatic carbocycles. The lowest BCUT2D eigenvalue weighted by Gasteiger charge is -2.32. The highest BCUT2D eigenvalue weighted by atomic mass is 35.5. The van der Waals surface area contributed by atoms with Gasteiger partial charge in [-0.25, -0.2) is 0 Å². The molecular weight excluding hydrogens is 326 g/mol. The molecular formula is C14H18ClN3O5. The number of likely N-dealkylation sites (tertiary alicyclic amines) is 1. The van der Waals surface area contributed by atoms with Crippen LogP contribution >= 0.6 is 12.4 Å². The van der Waals surface area contributed by atoms with E-state index < -0.39 is 22.8 Å². The molecule has 1 saturated heterocycles. The zero-order valence-electron chi connectivity index (χ0n) is 12.3. The molecule has 0 spiro atoms. The molecule has 1 amide bonds. The van der Waals surface area contributed by atoms with E-state index in [9.17, 15) is 24.8 Å². The number of benzene rings is 1. The Morgan fingerprint density at radius 3 is 2.65 bits per heavy atom. The second kappa shape index (κ2) is 7.89. The molecule has 0 bridgehead atoms. The van der Waals surface area contributed by atoms with Gasteiger partial charge >= 0.3 is 5.97 Å². The first kappa shape index (κ1) is 18.9. The van der Waals surface area contributed by atoms with Gasteiger partial charge in [0.25, 0.3) is 5.69 Å². The van der Waals surface area contributed by atoms with Gasteiger partial charge in [0.1, 0.15) is 6.04 Å². The molecule has 1 aliphatic rings. The standard InChI is InChI=1S/C14H17N3O5.ClH/c15-13(18)9-4-5-10(12(7-9)17(21)22)8-16-6-2-1-3-11(16)14(19)20;/h4-5,7,11H,1-3,6,8H2,(H2,15,18)(H,19,20);1H. The van der Waals surface area contributed by atoms with Crippen LogP contribution in [-0.2, 0) is 11.3 Å². The zero-order valence-corrected chi connectivity index (χ0v) is 13.1. The van der Waals surface area contributed by atoms with Gasteiger partial charge in [0, 0.05) is 23.7 Å². The smallest absolute Gasteiger partial charge is 0.320 e. The fourth-order valence-electron chi connectivity index (χ4n) is 2.70. The fraction of sp³-hybridized carbons (Fsp3) is 0.429.